The van der Waals surface area contributed by atoms with E-state index >= 15 is 0 Å². The van der Waals surface area contributed by atoms with E-state index in [2.05, 4.69) is 18.0 Å². The molecule has 1 unspecified atom stereocenters. The molecule has 1 saturated heterocycles. The normalized spacial score (nSPS) is 18.0. The lowest BCUT2D eigenvalue weighted by molar-refractivity contribution is -0.134. The minimum atomic E-state index is -0.257. The van der Waals surface area contributed by atoms with Gasteiger partial charge in [0.05, 0.1) is 13.2 Å². The Labute approximate surface area is 154 Å². The van der Waals surface area contributed by atoms with Crippen LogP contribution in [0.4, 0.5) is 4.39 Å². The Hall–Kier alpha value is -2.40. The zero-order valence-corrected chi connectivity index (χ0v) is 15.3. The van der Waals surface area contributed by atoms with Crippen molar-refractivity contribution >= 4 is 5.91 Å². The van der Waals surface area contributed by atoms with Gasteiger partial charge in [0.1, 0.15) is 11.6 Å². The Balaban J connectivity index is 1.64. The van der Waals surface area contributed by atoms with E-state index in [1.165, 1.54) is 12.1 Å². The van der Waals surface area contributed by atoms with Crippen molar-refractivity contribution in [3.05, 3.63) is 65.5 Å². The minimum absolute atomic E-state index is 0.121. The number of benzene rings is 2. The van der Waals surface area contributed by atoms with Gasteiger partial charge in [0.2, 0.25) is 5.91 Å². The first-order valence-electron chi connectivity index (χ1n) is 8.93. The van der Waals surface area contributed by atoms with Crippen molar-refractivity contribution in [1.29, 1.82) is 0 Å². The fourth-order valence-electron chi connectivity index (χ4n) is 3.41. The molecular weight excluding hydrogens is 331 g/mol. The second-order valence-electron chi connectivity index (χ2n) is 6.74. The summed E-state index contributed by atoms with van der Waals surface area (Å²) in [7, 11) is 3.74. The molecule has 0 aromatic heterocycles. The molecule has 2 aromatic carbocycles. The Morgan fingerprint density at radius 1 is 1.19 bits per heavy atom. The molecule has 1 atom stereocenters. The Kier molecular flexibility index (Phi) is 5.89. The second-order valence-corrected chi connectivity index (χ2v) is 6.74. The number of rotatable bonds is 5. The summed E-state index contributed by atoms with van der Waals surface area (Å²) in [5.74, 6) is 0.688. The van der Waals surface area contributed by atoms with Crippen LogP contribution < -0.4 is 4.74 Å². The molecule has 0 radical (unpaired) electrons. The Morgan fingerprint density at radius 3 is 2.77 bits per heavy atom. The summed E-state index contributed by atoms with van der Waals surface area (Å²) in [5, 5.41) is 0. The molecule has 1 fully saturated rings. The zero-order valence-electron chi connectivity index (χ0n) is 15.3. The zero-order chi connectivity index (χ0) is 18.5. The molecule has 5 heteroatoms. The molecule has 4 nitrogen and oxygen atoms in total. The average Bonchev–Trinajstić information content (AvgIpc) is 2.66. The van der Waals surface area contributed by atoms with E-state index in [4.69, 9.17) is 4.74 Å². The first-order chi connectivity index (χ1) is 12.6. The van der Waals surface area contributed by atoms with Crippen molar-refractivity contribution < 1.29 is 13.9 Å². The fraction of sp³-hybridized carbons (Fsp3) is 0.381. The number of piperazine rings is 1. The molecule has 0 bridgehead atoms. The second kappa shape index (κ2) is 8.32. The molecule has 3 rings (SSSR count). The summed E-state index contributed by atoms with van der Waals surface area (Å²) >= 11 is 0. The smallest absolute Gasteiger partial charge is 0.223 e. The van der Waals surface area contributed by atoms with E-state index in [0.29, 0.717) is 19.4 Å². The van der Waals surface area contributed by atoms with Crippen molar-refractivity contribution in [1.82, 2.24) is 9.80 Å². The lowest BCUT2D eigenvalue weighted by Gasteiger charge is -2.40. The van der Waals surface area contributed by atoms with E-state index in [9.17, 15) is 9.18 Å². The van der Waals surface area contributed by atoms with Crippen molar-refractivity contribution in [2.45, 2.75) is 18.9 Å². The van der Waals surface area contributed by atoms with Crippen LogP contribution in [0.1, 0.15) is 23.6 Å². The van der Waals surface area contributed by atoms with Gasteiger partial charge in [-0.3, -0.25) is 9.69 Å². The number of hydrogen-bond donors (Lipinski definition) is 0. The van der Waals surface area contributed by atoms with Gasteiger partial charge in [-0.25, -0.2) is 4.39 Å². The largest absolute Gasteiger partial charge is 0.497 e. The van der Waals surface area contributed by atoms with Crippen LogP contribution in [0.15, 0.2) is 48.5 Å². The van der Waals surface area contributed by atoms with Gasteiger partial charge < -0.3 is 9.64 Å². The fourth-order valence-corrected chi connectivity index (χ4v) is 3.41. The predicted molar refractivity (Wildman–Crippen MR) is 99.7 cm³/mol. The highest BCUT2D eigenvalue weighted by Gasteiger charge is 2.28. The maximum Gasteiger partial charge on any atom is 0.223 e. The summed E-state index contributed by atoms with van der Waals surface area (Å²) in [6.07, 6.45) is 0.963. The summed E-state index contributed by atoms with van der Waals surface area (Å²) < 4.78 is 18.6. The topological polar surface area (TPSA) is 32.8 Å². The molecule has 1 amide bonds. The van der Waals surface area contributed by atoms with E-state index < -0.39 is 0 Å². The molecule has 0 N–H and O–H groups in total. The van der Waals surface area contributed by atoms with Gasteiger partial charge in [0.15, 0.2) is 0 Å². The van der Waals surface area contributed by atoms with Crippen LogP contribution >= 0.6 is 0 Å². The standard InChI is InChI=1S/C21H25FN2O2/c1-23-11-12-24(15-20(23)17-6-4-8-19(14-17)26-2)21(25)10-9-16-5-3-7-18(22)13-16/h3-8,13-14,20H,9-12,15H2,1-2H3. The van der Waals surface area contributed by atoms with Crippen molar-refractivity contribution in [3.8, 4) is 5.75 Å². The van der Waals surface area contributed by atoms with Crippen LogP contribution in [0, 0.1) is 5.82 Å². The number of ether oxygens (including phenoxy) is 1. The SMILES string of the molecule is COc1cccc(C2CN(C(=O)CCc3cccc(F)c3)CCN2C)c1. The molecule has 138 valence electrons. The van der Waals surface area contributed by atoms with Crippen LogP contribution in [0.2, 0.25) is 0 Å². The maximum atomic E-state index is 13.3. The first kappa shape index (κ1) is 18.4. The number of methoxy groups -OCH3 is 1. The number of likely N-dealkylation sites (N-methyl/N-ethyl adjacent to an activating group) is 1. The molecule has 0 aliphatic carbocycles. The quantitative estimate of drug-likeness (QED) is 0.824. The lowest BCUT2D eigenvalue weighted by Crippen LogP contribution is -2.49. The van der Waals surface area contributed by atoms with Gasteiger partial charge in [0, 0.05) is 26.1 Å². The molecule has 2 aromatic rings. The number of aryl methyl sites for hydroxylation is 1. The highest BCUT2D eigenvalue weighted by Crippen LogP contribution is 2.27. The molecular formula is C21H25FN2O2. The number of carbonyl (C=O) groups excluding carboxylic acids is 1. The number of nitrogens with zero attached hydrogens (tertiary/aromatic N) is 2. The minimum Gasteiger partial charge on any atom is -0.497 e. The monoisotopic (exact) mass is 356 g/mol. The van der Waals surface area contributed by atoms with E-state index in [-0.39, 0.29) is 17.8 Å². The van der Waals surface area contributed by atoms with Crippen molar-refractivity contribution in [2.75, 3.05) is 33.8 Å². The first-order valence-corrected chi connectivity index (χ1v) is 8.93. The van der Waals surface area contributed by atoms with Gasteiger partial charge in [-0.2, -0.15) is 0 Å². The van der Waals surface area contributed by atoms with Gasteiger partial charge in [-0.15, -0.1) is 0 Å². The van der Waals surface area contributed by atoms with Gasteiger partial charge in [0.25, 0.3) is 0 Å². The molecule has 1 aliphatic rings. The highest BCUT2D eigenvalue weighted by atomic mass is 19.1. The summed E-state index contributed by atoms with van der Waals surface area (Å²) in [5.41, 5.74) is 2.01. The molecule has 26 heavy (non-hydrogen) atoms. The number of carbonyl (C=O) groups is 1. The van der Waals surface area contributed by atoms with Crippen LogP contribution in [0.25, 0.3) is 0 Å². The van der Waals surface area contributed by atoms with Crippen LogP contribution in [0.5, 0.6) is 5.75 Å². The Bertz CT molecular complexity index is 765. The van der Waals surface area contributed by atoms with Gasteiger partial charge in [-0.1, -0.05) is 24.3 Å². The molecule has 0 spiro atoms. The molecule has 1 heterocycles. The lowest BCUT2D eigenvalue weighted by atomic mass is 10.0. The van der Waals surface area contributed by atoms with Crippen LogP contribution in [-0.4, -0.2) is 49.5 Å². The van der Waals surface area contributed by atoms with Crippen molar-refractivity contribution in [2.24, 2.45) is 0 Å². The van der Waals surface area contributed by atoms with E-state index in [1.54, 1.807) is 13.2 Å². The predicted octanol–water partition coefficient (Wildman–Crippen LogP) is 3.28. The highest BCUT2D eigenvalue weighted by molar-refractivity contribution is 5.76. The molecule has 0 saturated carbocycles. The maximum absolute atomic E-state index is 13.3. The summed E-state index contributed by atoms with van der Waals surface area (Å²) in [6.45, 7) is 2.21. The number of amides is 1. The van der Waals surface area contributed by atoms with Crippen LogP contribution in [-0.2, 0) is 11.2 Å². The van der Waals surface area contributed by atoms with E-state index in [1.807, 2.05) is 29.2 Å². The number of hydrogen-bond acceptors (Lipinski definition) is 3. The number of halogens is 1. The van der Waals surface area contributed by atoms with Gasteiger partial charge >= 0.3 is 0 Å². The van der Waals surface area contributed by atoms with Crippen LogP contribution in [0.3, 0.4) is 0 Å². The third-order valence-electron chi connectivity index (χ3n) is 5.00. The summed E-state index contributed by atoms with van der Waals surface area (Å²) in [6, 6.07) is 14.6. The summed E-state index contributed by atoms with van der Waals surface area (Å²) in [4.78, 5) is 16.8. The van der Waals surface area contributed by atoms with Crippen molar-refractivity contribution in [3.63, 3.8) is 0 Å². The average molecular weight is 356 g/mol. The Morgan fingerprint density at radius 2 is 2.00 bits per heavy atom. The molecule has 1 aliphatic heterocycles. The third kappa shape index (κ3) is 4.41. The van der Waals surface area contributed by atoms with Gasteiger partial charge in [-0.05, 0) is 48.9 Å². The van der Waals surface area contributed by atoms with E-state index in [0.717, 1.165) is 30.0 Å². The third-order valence-corrected chi connectivity index (χ3v) is 5.00.